The Hall–Kier alpha value is -0.850. The Labute approximate surface area is 129 Å². The number of nitrogens with one attached hydrogen (secondary N) is 1. The monoisotopic (exact) mass is 315 g/mol. The van der Waals surface area contributed by atoms with E-state index >= 15 is 0 Å². The molecule has 0 saturated carbocycles. The Morgan fingerprint density at radius 3 is 2.33 bits per heavy atom. The lowest BCUT2D eigenvalue weighted by Gasteiger charge is -2.24. The number of sulfonamides is 1. The lowest BCUT2D eigenvalue weighted by Crippen LogP contribution is -2.36. The molecule has 6 heteroatoms. The molecule has 0 spiro atoms. The molecule has 122 valence electrons. The molecule has 21 heavy (non-hydrogen) atoms. The van der Waals surface area contributed by atoms with Crippen LogP contribution < -0.4 is 5.32 Å². The summed E-state index contributed by atoms with van der Waals surface area (Å²) < 4.78 is 29.0. The number of rotatable bonds is 9. The van der Waals surface area contributed by atoms with Gasteiger partial charge in [0.15, 0.2) is 0 Å². The van der Waals surface area contributed by atoms with Gasteiger partial charge in [0.25, 0.3) is 0 Å². The molecular formula is C15H29N3O2S. The fourth-order valence-corrected chi connectivity index (χ4v) is 4.10. The molecule has 0 aliphatic heterocycles. The Bertz CT molecular complexity index is 533. The highest BCUT2D eigenvalue weighted by Crippen LogP contribution is 2.22. The van der Waals surface area contributed by atoms with E-state index < -0.39 is 10.0 Å². The van der Waals surface area contributed by atoms with E-state index in [-0.39, 0.29) is 6.04 Å². The van der Waals surface area contributed by atoms with Crippen LogP contribution >= 0.6 is 0 Å². The summed E-state index contributed by atoms with van der Waals surface area (Å²) >= 11 is 0. The fraction of sp³-hybridized carbons (Fsp3) is 0.733. The van der Waals surface area contributed by atoms with Crippen molar-refractivity contribution in [3.05, 3.63) is 18.0 Å². The molecule has 0 atom stereocenters. The molecule has 0 aliphatic carbocycles. The maximum absolute atomic E-state index is 12.7. The van der Waals surface area contributed by atoms with E-state index in [9.17, 15) is 8.42 Å². The van der Waals surface area contributed by atoms with Gasteiger partial charge in [0.1, 0.15) is 4.90 Å². The second kappa shape index (κ2) is 7.96. The van der Waals surface area contributed by atoms with Crippen LogP contribution in [0, 0.1) is 0 Å². The van der Waals surface area contributed by atoms with E-state index in [0.717, 1.165) is 31.6 Å². The lowest BCUT2D eigenvalue weighted by molar-refractivity contribution is 0.349. The highest BCUT2D eigenvalue weighted by molar-refractivity contribution is 7.89. The normalized spacial score (nSPS) is 12.5. The molecule has 5 nitrogen and oxygen atoms in total. The molecule has 1 aromatic rings. The number of hydrogen-bond acceptors (Lipinski definition) is 3. The van der Waals surface area contributed by atoms with Gasteiger partial charge in [0.05, 0.1) is 0 Å². The summed E-state index contributed by atoms with van der Waals surface area (Å²) in [6, 6.07) is 1.84. The van der Waals surface area contributed by atoms with Gasteiger partial charge in [0, 0.05) is 38.1 Å². The first-order valence-corrected chi connectivity index (χ1v) is 9.24. The van der Waals surface area contributed by atoms with Crippen LogP contribution in [0.2, 0.25) is 0 Å². The number of nitrogens with zero attached hydrogens (tertiary/aromatic N) is 2. The third kappa shape index (κ3) is 4.08. The summed E-state index contributed by atoms with van der Waals surface area (Å²) in [7, 11) is -1.73. The molecule has 0 amide bonds. The highest BCUT2D eigenvalue weighted by atomic mass is 32.2. The average Bonchev–Trinajstić information content (AvgIpc) is 2.90. The van der Waals surface area contributed by atoms with Gasteiger partial charge in [-0.15, -0.1) is 0 Å². The summed E-state index contributed by atoms with van der Waals surface area (Å²) in [4.78, 5) is 0.395. The van der Waals surface area contributed by atoms with E-state index in [1.165, 1.54) is 4.31 Å². The van der Waals surface area contributed by atoms with Crippen molar-refractivity contribution in [1.29, 1.82) is 0 Å². The number of aromatic nitrogens is 1. The standard InChI is InChI=1S/C15H29N3O2S/c1-6-13(7-2)17(5)21(19,20)15-10-14(11-16-8-3)18(9-4)12-15/h10,12-13,16H,6-9,11H2,1-5H3. The molecule has 1 heterocycles. The fourth-order valence-electron chi connectivity index (χ4n) is 2.53. The minimum absolute atomic E-state index is 0.0530. The minimum atomic E-state index is -3.41. The van der Waals surface area contributed by atoms with Gasteiger partial charge in [-0.25, -0.2) is 8.42 Å². The van der Waals surface area contributed by atoms with Gasteiger partial charge in [-0.3, -0.25) is 0 Å². The van der Waals surface area contributed by atoms with Crippen LogP contribution in [0.5, 0.6) is 0 Å². The van der Waals surface area contributed by atoms with Gasteiger partial charge >= 0.3 is 0 Å². The Morgan fingerprint density at radius 1 is 1.24 bits per heavy atom. The van der Waals surface area contributed by atoms with Crippen molar-refractivity contribution in [2.45, 2.75) is 64.6 Å². The Balaban J connectivity index is 3.10. The molecule has 0 aliphatic rings. The van der Waals surface area contributed by atoms with Crippen molar-refractivity contribution < 1.29 is 8.42 Å². The first-order valence-electron chi connectivity index (χ1n) is 7.80. The molecule has 0 radical (unpaired) electrons. The minimum Gasteiger partial charge on any atom is -0.349 e. The number of hydrogen-bond donors (Lipinski definition) is 1. The predicted molar refractivity (Wildman–Crippen MR) is 86.8 cm³/mol. The third-order valence-corrected chi connectivity index (χ3v) is 5.87. The second-order valence-electron chi connectivity index (χ2n) is 5.23. The van der Waals surface area contributed by atoms with Gasteiger partial charge in [-0.05, 0) is 32.4 Å². The molecule has 0 aromatic carbocycles. The van der Waals surface area contributed by atoms with Gasteiger partial charge in [-0.1, -0.05) is 20.8 Å². The van der Waals surface area contributed by atoms with Crippen LogP contribution in [0.15, 0.2) is 17.2 Å². The number of aryl methyl sites for hydroxylation is 1. The zero-order chi connectivity index (χ0) is 16.0. The van der Waals surface area contributed by atoms with E-state index in [2.05, 4.69) is 5.32 Å². The highest BCUT2D eigenvalue weighted by Gasteiger charge is 2.27. The van der Waals surface area contributed by atoms with E-state index in [4.69, 9.17) is 0 Å². The van der Waals surface area contributed by atoms with Gasteiger partial charge in [-0.2, -0.15) is 4.31 Å². The second-order valence-corrected chi connectivity index (χ2v) is 7.22. The summed E-state index contributed by atoms with van der Waals surface area (Å²) in [5.74, 6) is 0. The molecule has 1 rings (SSSR count). The van der Waals surface area contributed by atoms with Crippen LogP contribution in [0.1, 0.15) is 46.2 Å². The van der Waals surface area contributed by atoms with Crippen molar-refractivity contribution in [3.63, 3.8) is 0 Å². The largest absolute Gasteiger partial charge is 0.349 e. The molecular weight excluding hydrogens is 286 g/mol. The summed E-state index contributed by atoms with van der Waals surface area (Å²) in [5, 5.41) is 3.25. The summed E-state index contributed by atoms with van der Waals surface area (Å²) in [6.45, 7) is 10.4. The Kier molecular flexibility index (Phi) is 6.90. The van der Waals surface area contributed by atoms with Crippen LogP contribution in [-0.2, 0) is 23.1 Å². The molecule has 0 unspecified atom stereocenters. The van der Waals surface area contributed by atoms with Crippen molar-refractivity contribution in [2.75, 3.05) is 13.6 Å². The molecule has 0 bridgehead atoms. The average molecular weight is 315 g/mol. The van der Waals surface area contributed by atoms with Crippen molar-refractivity contribution in [1.82, 2.24) is 14.2 Å². The maximum atomic E-state index is 12.7. The van der Waals surface area contributed by atoms with Crippen molar-refractivity contribution in [3.8, 4) is 0 Å². The van der Waals surface area contributed by atoms with Crippen LogP contribution in [0.3, 0.4) is 0 Å². The van der Waals surface area contributed by atoms with Gasteiger partial charge in [0.2, 0.25) is 10.0 Å². The first kappa shape index (κ1) is 18.2. The van der Waals surface area contributed by atoms with Crippen LogP contribution in [0.25, 0.3) is 0 Å². The van der Waals surface area contributed by atoms with Gasteiger partial charge < -0.3 is 9.88 Å². The van der Waals surface area contributed by atoms with E-state index in [0.29, 0.717) is 11.4 Å². The van der Waals surface area contributed by atoms with Crippen LogP contribution in [0.4, 0.5) is 0 Å². The lowest BCUT2D eigenvalue weighted by atomic mass is 10.2. The smallest absolute Gasteiger partial charge is 0.244 e. The molecule has 0 fully saturated rings. The maximum Gasteiger partial charge on any atom is 0.244 e. The van der Waals surface area contributed by atoms with Crippen LogP contribution in [-0.4, -0.2) is 36.9 Å². The van der Waals surface area contributed by atoms with E-state index in [1.807, 2.05) is 32.3 Å². The zero-order valence-corrected chi connectivity index (χ0v) is 14.7. The first-order chi connectivity index (χ1) is 9.92. The Morgan fingerprint density at radius 2 is 1.86 bits per heavy atom. The van der Waals surface area contributed by atoms with E-state index in [1.54, 1.807) is 19.3 Å². The topological polar surface area (TPSA) is 54.3 Å². The summed E-state index contributed by atoms with van der Waals surface area (Å²) in [5.41, 5.74) is 1.01. The third-order valence-electron chi connectivity index (χ3n) is 3.99. The predicted octanol–water partition coefficient (Wildman–Crippen LogP) is 2.43. The molecule has 1 aromatic heterocycles. The van der Waals surface area contributed by atoms with Crippen molar-refractivity contribution >= 4 is 10.0 Å². The molecule has 1 N–H and O–H groups in total. The zero-order valence-electron chi connectivity index (χ0n) is 13.9. The summed E-state index contributed by atoms with van der Waals surface area (Å²) in [6.07, 6.45) is 3.40. The SMILES string of the molecule is CCNCc1cc(S(=O)(=O)N(C)C(CC)CC)cn1CC. The van der Waals surface area contributed by atoms with Crippen molar-refractivity contribution in [2.24, 2.45) is 0 Å². The molecule has 0 saturated heterocycles. The quantitative estimate of drug-likeness (QED) is 0.761.